The number of hydrogen-bond donors (Lipinski definition) is 3. The summed E-state index contributed by atoms with van der Waals surface area (Å²) in [5, 5.41) is 12.1. The largest absolute Gasteiger partial charge is 0.354 e. The van der Waals surface area contributed by atoms with E-state index in [1.165, 1.54) is 12.1 Å². The molecule has 1 aliphatic rings. The monoisotopic (exact) mass is 618 g/mol. The summed E-state index contributed by atoms with van der Waals surface area (Å²) in [5.41, 5.74) is 0.908. The first kappa shape index (κ1) is 28.7. The molecule has 3 N–H and O–H groups in total. The Bertz CT molecular complexity index is 1510. The molecule has 1 atom stereocenters. The van der Waals surface area contributed by atoms with Crippen LogP contribution in [0, 0.1) is 0 Å². The first-order valence-electron chi connectivity index (χ1n) is 13.2. The highest BCUT2D eigenvalue weighted by atomic mass is 35.5. The molecule has 0 radical (unpaired) electrons. The molecule has 40 heavy (non-hydrogen) atoms. The Kier molecular flexibility index (Phi) is 9.48. The molecule has 1 aromatic carbocycles. The fourth-order valence-corrected chi connectivity index (χ4v) is 7.34. The zero-order valence-corrected chi connectivity index (χ0v) is 25.2. The van der Waals surface area contributed by atoms with Crippen molar-refractivity contribution in [3.63, 3.8) is 0 Å². The predicted octanol–water partition coefficient (Wildman–Crippen LogP) is 5.48. The Morgan fingerprint density at radius 2 is 1.93 bits per heavy atom. The van der Waals surface area contributed by atoms with Gasteiger partial charge in [0, 0.05) is 36.1 Å². The molecule has 212 valence electrons. The number of hydrogen-bond acceptors (Lipinski definition) is 11. The van der Waals surface area contributed by atoms with E-state index >= 15 is 0 Å². The number of benzene rings is 1. The van der Waals surface area contributed by atoms with Crippen molar-refractivity contribution in [3.8, 4) is 9.88 Å². The van der Waals surface area contributed by atoms with E-state index in [9.17, 15) is 8.42 Å². The van der Waals surface area contributed by atoms with Crippen molar-refractivity contribution in [1.29, 1.82) is 0 Å². The molecule has 0 unspecified atom stereocenters. The highest BCUT2D eigenvalue weighted by molar-refractivity contribution is 7.89. The molecule has 0 aliphatic carbocycles. The van der Waals surface area contributed by atoms with Crippen LogP contribution in [0.4, 0.5) is 17.8 Å². The molecule has 4 aromatic rings. The summed E-state index contributed by atoms with van der Waals surface area (Å²) < 4.78 is 28.5. The zero-order valence-electron chi connectivity index (χ0n) is 22.0. The van der Waals surface area contributed by atoms with Crippen molar-refractivity contribution in [2.24, 2.45) is 0 Å². The maximum absolute atomic E-state index is 12.9. The van der Waals surface area contributed by atoms with Crippen LogP contribution in [0.25, 0.3) is 9.88 Å². The molecule has 1 fully saturated rings. The topological polar surface area (TPSA) is 125 Å². The van der Waals surface area contributed by atoms with Gasteiger partial charge in [0.1, 0.15) is 5.01 Å². The highest BCUT2D eigenvalue weighted by Crippen LogP contribution is 2.28. The Morgan fingerprint density at radius 1 is 1.07 bits per heavy atom. The van der Waals surface area contributed by atoms with Crippen molar-refractivity contribution in [2.45, 2.75) is 50.1 Å². The molecular weight excluding hydrogens is 588 g/mol. The van der Waals surface area contributed by atoms with Crippen molar-refractivity contribution in [3.05, 3.63) is 57.9 Å². The molecule has 1 aliphatic heterocycles. The van der Waals surface area contributed by atoms with Gasteiger partial charge in [-0.25, -0.2) is 18.1 Å². The zero-order chi connectivity index (χ0) is 28.0. The van der Waals surface area contributed by atoms with E-state index in [4.69, 9.17) is 26.6 Å². The predicted molar refractivity (Wildman–Crippen MR) is 163 cm³/mol. The van der Waals surface area contributed by atoms with Gasteiger partial charge in [0.05, 0.1) is 22.0 Å². The number of thiophene rings is 1. The number of nitrogens with zero attached hydrogens (tertiary/aromatic N) is 5. The van der Waals surface area contributed by atoms with E-state index in [2.05, 4.69) is 38.2 Å². The summed E-state index contributed by atoms with van der Waals surface area (Å²) in [5.74, 6) is 1.45. The summed E-state index contributed by atoms with van der Waals surface area (Å²) >= 11 is 9.29. The smallest absolute Gasteiger partial charge is 0.240 e. The Balaban J connectivity index is 1.30. The van der Waals surface area contributed by atoms with Crippen LogP contribution < -0.4 is 20.3 Å². The van der Waals surface area contributed by atoms with Gasteiger partial charge in [0.2, 0.25) is 27.9 Å². The number of unbranched alkanes of at least 4 members (excludes halogenated alkanes) is 1. The average molecular weight is 619 g/mol. The van der Waals surface area contributed by atoms with Gasteiger partial charge in [-0.2, -0.15) is 15.0 Å². The van der Waals surface area contributed by atoms with Gasteiger partial charge in [0.25, 0.3) is 0 Å². The molecular formula is C26H31ClN8O2S3. The van der Waals surface area contributed by atoms with Crippen LogP contribution in [0.5, 0.6) is 0 Å². The molecule has 4 heterocycles. The van der Waals surface area contributed by atoms with Gasteiger partial charge in [-0.1, -0.05) is 37.1 Å². The molecule has 0 bridgehead atoms. The SMILES string of the molecule is CCCCNc1nc(NCc2csc(-c3cccs3)n2)nc(N2CCC[C@@H]2CNS(=O)(=O)c2cccc(Cl)c2)n1. The van der Waals surface area contributed by atoms with Gasteiger partial charge in [-0.15, -0.1) is 22.7 Å². The summed E-state index contributed by atoms with van der Waals surface area (Å²) in [6.07, 6.45) is 3.76. The van der Waals surface area contributed by atoms with Crippen LogP contribution in [-0.2, 0) is 16.6 Å². The van der Waals surface area contributed by atoms with E-state index in [1.54, 1.807) is 34.8 Å². The normalized spacial score (nSPS) is 15.4. The second-order valence-corrected chi connectivity index (χ2v) is 13.3. The van der Waals surface area contributed by atoms with Gasteiger partial charge >= 0.3 is 0 Å². The van der Waals surface area contributed by atoms with Gasteiger partial charge in [-0.05, 0) is 48.9 Å². The number of nitrogens with one attached hydrogen (secondary N) is 3. The summed E-state index contributed by atoms with van der Waals surface area (Å²) in [6.45, 7) is 4.30. The van der Waals surface area contributed by atoms with Crippen molar-refractivity contribution >= 4 is 62.1 Å². The van der Waals surface area contributed by atoms with Crippen molar-refractivity contribution < 1.29 is 8.42 Å². The minimum Gasteiger partial charge on any atom is -0.354 e. The van der Waals surface area contributed by atoms with Crippen LogP contribution in [0.15, 0.2) is 52.1 Å². The maximum atomic E-state index is 12.9. The van der Waals surface area contributed by atoms with Crippen molar-refractivity contribution in [2.75, 3.05) is 35.2 Å². The summed E-state index contributed by atoms with van der Waals surface area (Å²) in [7, 11) is -3.70. The fraction of sp³-hybridized carbons (Fsp3) is 0.385. The lowest BCUT2D eigenvalue weighted by atomic mass is 10.2. The first-order valence-corrected chi connectivity index (χ1v) is 16.8. The maximum Gasteiger partial charge on any atom is 0.240 e. The molecule has 3 aromatic heterocycles. The molecule has 5 rings (SSSR count). The van der Waals surface area contributed by atoms with E-state index in [-0.39, 0.29) is 17.5 Å². The van der Waals surface area contributed by atoms with Crippen molar-refractivity contribution in [1.82, 2.24) is 24.7 Å². The lowest BCUT2D eigenvalue weighted by Gasteiger charge is -2.25. The molecule has 14 heteroatoms. The van der Waals surface area contributed by atoms with Crippen LogP contribution in [0.2, 0.25) is 5.02 Å². The molecule has 10 nitrogen and oxygen atoms in total. The minimum absolute atomic E-state index is 0.0976. The number of sulfonamides is 1. The van der Waals surface area contributed by atoms with Gasteiger partial charge < -0.3 is 15.5 Å². The molecule has 0 amide bonds. The molecule has 0 saturated carbocycles. The molecule has 1 saturated heterocycles. The second-order valence-electron chi connectivity index (χ2n) is 9.34. The van der Waals surface area contributed by atoms with E-state index < -0.39 is 10.0 Å². The van der Waals surface area contributed by atoms with E-state index in [0.717, 1.165) is 54.4 Å². The third-order valence-corrected chi connectivity index (χ3v) is 9.98. The quantitative estimate of drug-likeness (QED) is 0.167. The number of thiazole rings is 1. The van der Waals surface area contributed by atoms with Crippen LogP contribution >= 0.6 is 34.3 Å². The Morgan fingerprint density at radius 3 is 2.70 bits per heavy atom. The number of rotatable bonds is 13. The summed E-state index contributed by atoms with van der Waals surface area (Å²) in [6, 6.07) is 10.2. The highest BCUT2D eigenvalue weighted by Gasteiger charge is 2.29. The van der Waals surface area contributed by atoms with E-state index in [0.29, 0.717) is 29.4 Å². The lowest BCUT2D eigenvalue weighted by molar-refractivity contribution is 0.565. The Labute approximate surface area is 247 Å². The van der Waals surface area contributed by atoms with Crippen LogP contribution in [0.1, 0.15) is 38.3 Å². The van der Waals surface area contributed by atoms with Gasteiger partial charge in [-0.3, -0.25) is 0 Å². The average Bonchev–Trinajstić information content (AvgIpc) is 3.73. The lowest BCUT2D eigenvalue weighted by Crippen LogP contribution is -2.41. The third kappa shape index (κ3) is 7.26. The standard InChI is InChI=1S/C26H31ClN8O2S3/c1-2-3-11-28-24-32-25(29-15-19-17-39-23(31-19)22-10-6-13-38-22)34-26(33-24)35-12-5-8-20(35)16-30-40(36,37)21-9-4-7-18(27)14-21/h4,6-7,9-10,13-14,17,20,30H,2-3,5,8,11-12,15-16H2,1H3,(H2,28,29,32,33,34)/t20-/m1/s1. The third-order valence-electron chi connectivity index (χ3n) is 6.40. The van der Waals surface area contributed by atoms with E-state index in [1.807, 2.05) is 16.8 Å². The Hall–Kier alpha value is -2.84. The van der Waals surface area contributed by atoms with Crippen LogP contribution in [-0.4, -0.2) is 54.0 Å². The summed E-state index contributed by atoms with van der Waals surface area (Å²) in [4.78, 5) is 22.1. The number of aromatic nitrogens is 4. The second kappa shape index (κ2) is 13.2. The van der Waals surface area contributed by atoms with Crippen LogP contribution in [0.3, 0.4) is 0 Å². The van der Waals surface area contributed by atoms with Gasteiger partial charge in [0.15, 0.2) is 0 Å². The molecule has 0 spiro atoms. The minimum atomic E-state index is -3.70. The number of anilines is 3. The fourth-order valence-electron chi connectivity index (χ4n) is 4.33. The first-order chi connectivity index (χ1) is 19.4. The number of halogens is 1.